The number of aromatic nitrogens is 4. The molecule has 3 aromatic rings. The lowest BCUT2D eigenvalue weighted by molar-refractivity contribution is -0.723. The Hall–Kier alpha value is -3.00. The summed E-state index contributed by atoms with van der Waals surface area (Å²) in [6.45, 7) is 15.8. The minimum atomic E-state index is -1.07. The van der Waals surface area contributed by atoms with Gasteiger partial charge in [0.1, 0.15) is 0 Å². The minimum Gasteiger partial charge on any atom is -0.476 e. The van der Waals surface area contributed by atoms with Gasteiger partial charge in [0, 0.05) is 16.7 Å². The smallest absolute Gasteiger partial charge is 0.401 e. The molecule has 8 nitrogen and oxygen atoms in total. The fourth-order valence-electron chi connectivity index (χ4n) is 3.44. The highest BCUT2D eigenvalue weighted by Crippen LogP contribution is 2.29. The van der Waals surface area contributed by atoms with Gasteiger partial charge in [-0.15, -0.1) is 4.68 Å². The SMILES string of the molecule is CCOc1nn2c(N)[n+](CC(=O)c3cc(C(C)(C)C)cc(C(C)(C)O)c3)nc2c(C)c1C. The lowest BCUT2D eigenvalue weighted by atomic mass is 9.82. The Balaban J connectivity index is 2.05. The van der Waals surface area contributed by atoms with Gasteiger partial charge in [0.05, 0.1) is 12.2 Å². The molecule has 0 fully saturated rings. The number of fused-ring (bicyclic) bond motifs is 1. The lowest BCUT2D eigenvalue weighted by Crippen LogP contribution is -2.42. The van der Waals surface area contributed by atoms with Crippen molar-refractivity contribution in [2.45, 2.75) is 73.0 Å². The predicted octanol–water partition coefficient (Wildman–Crippen LogP) is 3.02. The van der Waals surface area contributed by atoms with Crippen LogP contribution >= 0.6 is 0 Å². The molecule has 0 saturated carbocycles. The number of ketones is 1. The predicted molar refractivity (Wildman–Crippen MR) is 123 cm³/mol. The van der Waals surface area contributed by atoms with Gasteiger partial charge in [-0.25, -0.2) is 0 Å². The summed E-state index contributed by atoms with van der Waals surface area (Å²) in [6, 6.07) is 5.57. The van der Waals surface area contributed by atoms with Crippen LogP contribution in [0.5, 0.6) is 5.88 Å². The van der Waals surface area contributed by atoms with Crippen molar-refractivity contribution in [2.24, 2.45) is 0 Å². The summed E-state index contributed by atoms with van der Waals surface area (Å²) in [7, 11) is 0. The summed E-state index contributed by atoms with van der Waals surface area (Å²) in [5.74, 6) is 0.584. The Bertz CT molecular complexity index is 1150. The second kappa shape index (κ2) is 8.16. The Morgan fingerprint density at radius 1 is 1.12 bits per heavy atom. The van der Waals surface area contributed by atoms with Crippen LogP contribution in [0.2, 0.25) is 0 Å². The topological polar surface area (TPSA) is 107 Å². The van der Waals surface area contributed by atoms with Crippen molar-refractivity contribution in [3.63, 3.8) is 0 Å². The number of carbonyl (C=O) groups excluding carboxylic acids is 1. The summed E-state index contributed by atoms with van der Waals surface area (Å²) in [5, 5.41) is 19.6. The van der Waals surface area contributed by atoms with Gasteiger partial charge in [-0.3, -0.25) is 10.5 Å². The van der Waals surface area contributed by atoms with Gasteiger partial charge in [0.2, 0.25) is 5.88 Å². The zero-order chi connectivity index (χ0) is 24.0. The zero-order valence-corrected chi connectivity index (χ0v) is 20.3. The number of hydrogen-bond acceptors (Lipinski definition) is 6. The zero-order valence-electron chi connectivity index (χ0n) is 20.3. The molecule has 3 rings (SSSR count). The Morgan fingerprint density at radius 3 is 2.31 bits per heavy atom. The molecule has 32 heavy (non-hydrogen) atoms. The Morgan fingerprint density at radius 2 is 1.75 bits per heavy atom. The molecule has 0 aliphatic carbocycles. The fraction of sp³-hybridized carbons (Fsp3) is 0.500. The summed E-state index contributed by atoms with van der Waals surface area (Å²) < 4.78 is 8.58. The number of nitrogens with zero attached hydrogens (tertiary/aromatic N) is 4. The van der Waals surface area contributed by atoms with Crippen molar-refractivity contribution in [3.8, 4) is 5.88 Å². The number of rotatable bonds is 6. The van der Waals surface area contributed by atoms with Crippen LogP contribution < -0.4 is 15.2 Å². The Labute approximate surface area is 189 Å². The molecule has 0 amide bonds. The van der Waals surface area contributed by atoms with E-state index in [2.05, 4.69) is 31.0 Å². The van der Waals surface area contributed by atoms with Crippen molar-refractivity contribution in [2.75, 3.05) is 12.3 Å². The third-order valence-electron chi connectivity index (χ3n) is 5.71. The molecule has 172 valence electrons. The number of Topliss-reactive ketones (excluding diaryl/α,β-unsaturated/α-hetero) is 1. The van der Waals surface area contributed by atoms with Crippen molar-refractivity contribution >= 4 is 17.4 Å². The molecule has 0 aliphatic rings. The Kier molecular flexibility index (Phi) is 6.04. The molecular formula is C24H34N5O3+. The van der Waals surface area contributed by atoms with Crippen LogP contribution in [-0.2, 0) is 17.6 Å². The maximum atomic E-state index is 13.3. The van der Waals surface area contributed by atoms with E-state index in [0.29, 0.717) is 29.3 Å². The van der Waals surface area contributed by atoms with Crippen LogP contribution in [0.1, 0.15) is 74.2 Å². The largest absolute Gasteiger partial charge is 0.476 e. The number of carbonyl (C=O) groups is 1. The summed E-state index contributed by atoms with van der Waals surface area (Å²) >= 11 is 0. The van der Waals surface area contributed by atoms with Crippen molar-refractivity contribution in [1.29, 1.82) is 0 Å². The standard InChI is InChI=1S/C24H33N5O3/c1-9-32-21-15(3)14(2)20-26-28(22(25)29(20)27-21)13-19(30)16-10-17(23(4,5)6)12-18(11-16)24(7,8)31/h10-12,25,31H,9,13H2,1-8H3/p+1. The molecule has 3 N–H and O–H groups in total. The molecule has 0 spiro atoms. The van der Waals surface area contributed by atoms with E-state index in [0.717, 1.165) is 16.7 Å². The number of benzene rings is 1. The molecule has 0 aliphatic heterocycles. The quantitative estimate of drug-likeness (QED) is 0.451. The van der Waals surface area contributed by atoms with Gasteiger partial charge >= 0.3 is 5.95 Å². The maximum Gasteiger partial charge on any atom is 0.401 e. The highest BCUT2D eigenvalue weighted by molar-refractivity contribution is 5.95. The van der Waals surface area contributed by atoms with Crippen LogP contribution in [0.4, 0.5) is 5.95 Å². The van der Waals surface area contributed by atoms with E-state index in [1.165, 1.54) is 9.20 Å². The highest BCUT2D eigenvalue weighted by Gasteiger charge is 2.27. The molecule has 0 radical (unpaired) electrons. The number of nitrogen functional groups attached to an aromatic ring is 1. The number of ether oxygens (including phenoxy) is 1. The minimum absolute atomic E-state index is 0.0451. The number of aryl methyl sites for hydroxylation is 1. The maximum absolute atomic E-state index is 13.3. The first kappa shape index (κ1) is 23.7. The van der Waals surface area contributed by atoms with Gasteiger partial charge in [0.25, 0.3) is 5.65 Å². The lowest BCUT2D eigenvalue weighted by Gasteiger charge is -2.25. The molecule has 0 saturated heterocycles. The molecule has 0 atom stereocenters. The van der Waals surface area contributed by atoms with E-state index in [1.807, 2.05) is 32.9 Å². The first-order valence-electron chi connectivity index (χ1n) is 10.8. The van der Waals surface area contributed by atoms with E-state index < -0.39 is 5.60 Å². The van der Waals surface area contributed by atoms with Crippen molar-refractivity contribution in [1.82, 2.24) is 14.7 Å². The first-order chi connectivity index (χ1) is 14.7. The second-order valence-electron chi connectivity index (χ2n) is 9.77. The van der Waals surface area contributed by atoms with Gasteiger partial charge in [-0.1, -0.05) is 41.6 Å². The van der Waals surface area contributed by atoms with Crippen LogP contribution in [0.3, 0.4) is 0 Å². The van der Waals surface area contributed by atoms with Gasteiger partial charge in [-0.05, 0) is 63.3 Å². The number of aliphatic hydroxyl groups is 1. The molecule has 8 heteroatoms. The van der Waals surface area contributed by atoms with E-state index in [1.54, 1.807) is 19.9 Å². The van der Waals surface area contributed by atoms with E-state index in [9.17, 15) is 9.90 Å². The van der Waals surface area contributed by atoms with Gasteiger partial charge < -0.3 is 9.84 Å². The average molecular weight is 441 g/mol. The van der Waals surface area contributed by atoms with Crippen LogP contribution in [0.15, 0.2) is 18.2 Å². The van der Waals surface area contributed by atoms with E-state index in [-0.39, 0.29) is 23.7 Å². The summed E-state index contributed by atoms with van der Waals surface area (Å²) in [4.78, 5) is 13.3. The average Bonchev–Trinajstić information content (AvgIpc) is 3.00. The molecular weight excluding hydrogens is 406 g/mol. The van der Waals surface area contributed by atoms with Crippen LogP contribution in [-0.4, -0.2) is 32.2 Å². The monoisotopic (exact) mass is 440 g/mol. The molecule has 0 bridgehead atoms. The van der Waals surface area contributed by atoms with E-state index >= 15 is 0 Å². The number of nitrogens with two attached hydrogens (primary N) is 1. The molecule has 0 unspecified atom stereocenters. The van der Waals surface area contributed by atoms with Crippen molar-refractivity contribution in [3.05, 3.63) is 46.0 Å². The molecule has 2 heterocycles. The van der Waals surface area contributed by atoms with E-state index in [4.69, 9.17) is 10.5 Å². The summed E-state index contributed by atoms with van der Waals surface area (Å²) in [6.07, 6.45) is 0. The number of hydrogen-bond donors (Lipinski definition) is 2. The highest BCUT2D eigenvalue weighted by atomic mass is 16.5. The van der Waals surface area contributed by atoms with Crippen LogP contribution in [0.25, 0.3) is 5.65 Å². The fourth-order valence-corrected chi connectivity index (χ4v) is 3.44. The van der Waals surface area contributed by atoms with Crippen molar-refractivity contribution < 1.29 is 19.3 Å². The molecule has 2 aromatic heterocycles. The third kappa shape index (κ3) is 4.46. The van der Waals surface area contributed by atoms with Gasteiger partial charge in [0.15, 0.2) is 12.3 Å². The summed E-state index contributed by atoms with van der Waals surface area (Å²) in [5.41, 5.74) is 9.58. The van der Waals surface area contributed by atoms with Gasteiger partial charge in [-0.2, -0.15) is 0 Å². The van der Waals surface area contributed by atoms with Crippen LogP contribution in [0, 0.1) is 13.8 Å². The normalized spacial score (nSPS) is 12.4. The second-order valence-corrected chi connectivity index (χ2v) is 9.77. The molecule has 1 aromatic carbocycles. The number of anilines is 1. The first-order valence-corrected chi connectivity index (χ1v) is 10.8. The third-order valence-corrected chi connectivity index (χ3v) is 5.71.